The van der Waals surface area contributed by atoms with Crippen molar-refractivity contribution < 1.29 is 9.53 Å². The lowest BCUT2D eigenvalue weighted by molar-refractivity contribution is -0.113. The number of benzene rings is 3. The number of para-hydroxylation sites is 1. The lowest BCUT2D eigenvalue weighted by Gasteiger charge is -2.37. The second kappa shape index (κ2) is 7.67. The molecule has 152 valence electrons. The van der Waals surface area contributed by atoms with Gasteiger partial charge in [0, 0.05) is 18.7 Å². The van der Waals surface area contributed by atoms with Crippen LogP contribution in [-0.2, 0) is 9.53 Å². The molecule has 1 fully saturated rings. The third-order valence-corrected chi connectivity index (χ3v) is 5.71. The normalized spacial score (nSPS) is 23.3. The van der Waals surface area contributed by atoms with Gasteiger partial charge in [-0.2, -0.15) is 0 Å². The number of fused-ring (bicyclic) bond motifs is 2. The molecular weight excluding hydrogens is 374 g/mol. The summed E-state index contributed by atoms with van der Waals surface area (Å²) in [6, 6.07) is 22.2. The Bertz CT molecular complexity index is 1130. The summed E-state index contributed by atoms with van der Waals surface area (Å²) < 4.78 is 5.84. The van der Waals surface area contributed by atoms with Crippen molar-refractivity contribution in [3.63, 3.8) is 0 Å². The molecule has 2 aliphatic rings. The highest BCUT2D eigenvalue weighted by molar-refractivity contribution is 6.54. The number of morpholine rings is 1. The van der Waals surface area contributed by atoms with Gasteiger partial charge in [0.2, 0.25) is 0 Å². The van der Waals surface area contributed by atoms with Crippen LogP contribution in [-0.4, -0.2) is 48.5 Å². The Balaban J connectivity index is 1.49. The van der Waals surface area contributed by atoms with Crippen LogP contribution in [0, 0.1) is 0 Å². The quantitative estimate of drug-likeness (QED) is 0.657. The van der Waals surface area contributed by atoms with Crippen LogP contribution in [0.3, 0.4) is 0 Å². The second-order valence-corrected chi connectivity index (χ2v) is 8.18. The molecule has 0 unspecified atom stereocenters. The molecule has 2 aliphatic heterocycles. The van der Waals surface area contributed by atoms with Crippen molar-refractivity contribution in [2.24, 2.45) is 4.99 Å². The number of rotatable bonds is 3. The van der Waals surface area contributed by atoms with Crippen LogP contribution in [0.5, 0.6) is 0 Å². The van der Waals surface area contributed by atoms with E-state index in [1.807, 2.05) is 59.5 Å². The molecule has 2 atom stereocenters. The zero-order chi connectivity index (χ0) is 20.7. The van der Waals surface area contributed by atoms with E-state index >= 15 is 0 Å². The van der Waals surface area contributed by atoms with Crippen LogP contribution in [0.4, 0.5) is 11.4 Å². The van der Waals surface area contributed by atoms with Crippen molar-refractivity contribution in [2.45, 2.75) is 26.1 Å². The van der Waals surface area contributed by atoms with E-state index in [-0.39, 0.29) is 18.1 Å². The summed E-state index contributed by atoms with van der Waals surface area (Å²) in [5.74, 6) is -0.0452. The zero-order valence-corrected chi connectivity index (χ0v) is 17.3. The molecule has 0 radical (unpaired) electrons. The average molecular weight is 399 g/mol. The minimum Gasteiger partial charge on any atom is -0.373 e. The maximum absolute atomic E-state index is 13.4. The predicted octanol–water partition coefficient (Wildman–Crippen LogP) is 4.37. The zero-order valence-electron chi connectivity index (χ0n) is 17.3. The number of hydrogen-bond donors (Lipinski definition) is 0. The fourth-order valence-electron chi connectivity index (χ4n) is 4.49. The van der Waals surface area contributed by atoms with Gasteiger partial charge in [-0.25, -0.2) is 4.99 Å². The summed E-state index contributed by atoms with van der Waals surface area (Å²) in [5, 5.41) is 2.28. The Morgan fingerprint density at radius 3 is 2.43 bits per heavy atom. The van der Waals surface area contributed by atoms with Crippen LogP contribution in [0.15, 0.2) is 71.7 Å². The fourth-order valence-corrected chi connectivity index (χ4v) is 4.49. The molecule has 3 aromatic rings. The highest BCUT2D eigenvalue weighted by Gasteiger charge is 2.35. The summed E-state index contributed by atoms with van der Waals surface area (Å²) in [6.45, 7) is 6.33. The van der Waals surface area contributed by atoms with Gasteiger partial charge in [-0.15, -0.1) is 0 Å². The number of carbonyl (C=O) groups is 1. The number of hydrogen-bond acceptors (Lipinski definition) is 4. The van der Waals surface area contributed by atoms with E-state index in [0.717, 1.165) is 40.8 Å². The Hall–Kier alpha value is -3.02. The monoisotopic (exact) mass is 399 g/mol. The van der Waals surface area contributed by atoms with Crippen molar-refractivity contribution in [3.05, 3.63) is 72.3 Å². The van der Waals surface area contributed by atoms with E-state index < -0.39 is 0 Å². The molecule has 30 heavy (non-hydrogen) atoms. The van der Waals surface area contributed by atoms with E-state index in [1.165, 1.54) is 0 Å². The molecule has 1 saturated heterocycles. The molecule has 0 N–H and O–H groups in total. The second-order valence-electron chi connectivity index (χ2n) is 8.18. The molecule has 3 aromatic carbocycles. The average Bonchev–Trinajstić information content (AvgIpc) is 2.99. The predicted molar refractivity (Wildman–Crippen MR) is 121 cm³/mol. The van der Waals surface area contributed by atoms with Gasteiger partial charge in [0.1, 0.15) is 5.71 Å². The van der Waals surface area contributed by atoms with Crippen LogP contribution < -0.4 is 4.90 Å². The molecule has 5 rings (SSSR count). The molecule has 2 heterocycles. The van der Waals surface area contributed by atoms with Crippen molar-refractivity contribution in [2.75, 3.05) is 24.7 Å². The van der Waals surface area contributed by atoms with Crippen LogP contribution in [0.2, 0.25) is 0 Å². The van der Waals surface area contributed by atoms with E-state index in [2.05, 4.69) is 30.9 Å². The summed E-state index contributed by atoms with van der Waals surface area (Å²) in [6.07, 6.45) is 0.319. The van der Waals surface area contributed by atoms with Crippen LogP contribution >= 0.6 is 0 Å². The van der Waals surface area contributed by atoms with Gasteiger partial charge in [-0.1, -0.05) is 48.5 Å². The lowest BCUT2D eigenvalue weighted by Crippen LogP contribution is -2.50. The Morgan fingerprint density at radius 2 is 1.63 bits per heavy atom. The summed E-state index contributed by atoms with van der Waals surface area (Å²) in [7, 11) is 0. The van der Waals surface area contributed by atoms with Gasteiger partial charge in [0.15, 0.2) is 0 Å². The standard InChI is InChI=1S/C25H25N3O2/c1-17-14-27(15-18(2)30-17)16-28-23-10-6-5-9-22(23)24(25(28)29)26-21-12-11-19-7-3-4-8-20(19)13-21/h3-13,17-18H,14-16H2,1-2H3/t17-,18-/m1/s1. The van der Waals surface area contributed by atoms with Gasteiger partial charge in [-0.3, -0.25) is 14.6 Å². The molecular formula is C25H25N3O2. The third kappa shape index (κ3) is 3.51. The number of ether oxygens (including phenoxy) is 1. The fraction of sp³-hybridized carbons (Fsp3) is 0.280. The summed E-state index contributed by atoms with van der Waals surface area (Å²) >= 11 is 0. The molecule has 0 aromatic heterocycles. The number of anilines is 1. The van der Waals surface area contributed by atoms with Crippen molar-refractivity contribution in [1.29, 1.82) is 0 Å². The highest BCUT2D eigenvalue weighted by Crippen LogP contribution is 2.32. The van der Waals surface area contributed by atoms with Gasteiger partial charge in [-0.05, 0) is 42.8 Å². The third-order valence-electron chi connectivity index (χ3n) is 5.71. The van der Waals surface area contributed by atoms with E-state index in [9.17, 15) is 4.79 Å². The molecule has 0 saturated carbocycles. The first-order valence-electron chi connectivity index (χ1n) is 10.4. The Labute approximate surface area is 176 Å². The van der Waals surface area contributed by atoms with Gasteiger partial charge >= 0.3 is 0 Å². The smallest absolute Gasteiger partial charge is 0.278 e. The van der Waals surface area contributed by atoms with Crippen molar-refractivity contribution >= 4 is 33.8 Å². The Kier molecular flexibility index (Phi) is 4.85. The largest absolute Gasteiger partial charge is 0.373 e. The minimum absolute atomic E-state index is 0.0452. The first kappa shape index (κ1) is 19.0. The first-order valence-corrected chi connectivity index (χ1v) is 10.4. The summed E-state index contributed by atoms with van der Waals surface area (Å²) in [5.41, 5.74) is 3.12. The van der Waals surface area contributed by atoms with E-state index in [1.54, 1.807) is 0 Å². The lowest BCUT2D eigenvalue weighted by atomic mass is 10.1. The first-order chi connectivity index (χ1) is 14.6. The van der Waals surface area contributed by atoms with Crippen molar-refractivity contribution in [1.82, 2.24) is 4.90 Å². The number of amides is 1. The maximum atomic E-state index is 13.4. The van der Waals surface area contributed by atoms with Crippen LogP contribution in [0.25, 0.3) is 10.8 Å². The molecule has 0 spiro atoms. The topological polar surface area (TPSA) is 45.1 Å². The SMILES string of the molecule is C[C@@H]1CN(CN2C(=O)C(=Nc3ccc4ccccc4c3)c3ccccc32)C[C@@H](C)O1. The molecule has 1 amide bonds. The summed E-state index contributed by atoms with van der Waals surface area (Å²) in [4.78, 5) is 22.3. The van der Waals surface area contributed by atoms with Gasteiger partial charge < -0.3 is 4.74 Å². The maximum Gasteiger partial charge on any atom is 0.278 e. The van der Waals surface area contributed by atoms with E-state index in [0.29, 0.717) is 12.4 Å². The highest BCUT2D eigenvalue weighted by atomic mass is 16.5. The molecule has 5 nitrogen and oxygen atoms in total. The number of aliphatic imine (C=N–C) groups is 1. The van der Waals surface area contributed by atoms with Gasteiger partial charge in [0.05, 0.1) is 30.3 Å². The minimum atomic E-state index is -0.0452. The van der Waals surface area contributed by atoms with Crippen molar-refractivity contribution in [3.8, 4) is 0 Å². The van der Waals surface area contributed by atoms with Crippen LogP contribution in [0.1, 0.15) is 19.4 Å². The number of nitrogens with zero attached hydrogens (tertiary/aromatic N) is 3. The van der Waals surface area contributed by atoms with Gasteiger partial charge in [0.25, 0.3) is 5.91 Å². The Morgan fingerprint density at radius 1 is 0.933 bits per heavy atom. The van der Waals surface area contributed by atoms with E-state index in [4.69, 9.17) is 9.73 Å². The number of carbonyl (C=O) groups excluding carboxylic acids is 1. The molecule has 5 heteroatoms. The molecule has 0 bridgehead atoms. The molecule has 0 aliphatic carbocycles.